The number of hydrogen-bond acceptors (Lipinski definition) is 3. The van der Waals surface area contributed by atoms with Crippen molar-refractivity contribution in [1.29, 1.82) is 5.26 Å². The number of benzene rings is 2. The number of fused-ring (bicyclic) bond motifs is 1. The van der Waals surface area contributed by atoms with Crippen molar-refractivity contribution in [2.75, 3.05) is 6.61 Å². The Morgan fingerprint density at radius 2 is 1.96 bits per heavy atom. The summed E-state index contributed by atoms with van der Waals surface area (Å²) in [5, 5.41) is 10.4. The molecule has 0 aliphatic rings. The average molecular weight is 386 g/mol. The molecule has 0 aliphatic heterocycles. The molecule has 26 heavy (non-hydrogen) atoms. The minimum Gasteiger partial charge on any atom is -0.490 e. The summed E-state index contributed by atoms with van der Waals surface area (Å²) in [5.74, 6) is 1.32. The molecular weight excluding hydrogens is 369 g/mol. The molecule has 0 amide bonds. The molecule has 0 bridgehead atoms. The number of rotatable bonds is 5. The Morgan fingerprint density at radius 1 is 1.27 bits per heavy atom. The molecule has 2 aromatic carbocycles. The second-order valence-electron chi connectivity index (χ2n) is 6.29. The summed E-state index contributed by atoms with van der Waals surface area (Å²) in [4.78, 5) is 7.60. The van der Waals surface area contributed by atoms with E-state index in [1.54, 1.807) is 18.2 Å². The van der Waals surface area contributed by atoms with Crippen LogP contribution in [0, 0.1) is 17.2 Å². The Kier molecular flexibility index (Phi) is 5.51. The fraction of sp³-hybridized carbons (Fsp3) is 0.200. The van der Waals surface area contributed by atoms with Gasteiger partial charge in [-0.1, -0.05) is 49.2 Å². The van der Waals surface area contributed by atoms with Gasteiger partial charge in [0.2, 0.25) is 0 Å². The van der Waals surface area contributed by atoms with Gasteiger partial charge >= 0.3 is 0 Å². The first-order valence-electron chi connectivity index (χ1n) is 8.16. The minimum atomic E-state index is 0.361. The topological polar surface area (TPSA) is 61.7 Å². The van der Waals surface area contributed by atoms with Gasteiger partial charge in [0, 0.05) is 0 Å². The highest BCUT2D eigenvalue weighted by Crippen LogP contribution is 2.35. The molecule has 1 N–H and O–H groups in total. The first kappa shape index (κ1) is 18.3. The fourth-order valence-corrected chi connectivity index (χ4v) is 3.06. The van der Waals surface area contributed by atoms with Crippen molar-refractivity contribution in [3.63, 3.8) is 0 Å². The zero-order valence-electron chi connectivity index (χ0n) is 14.4. The Bertz CT molecular complexity index is 959. The molecule has 0 fully saturated rings. The molecule has 3 rings (SSSR count). The van der Waals surface area contributed by atoms with E-state index in [4.69, 9.17) is 27.9 Å². The van der Waals surface area contributed by atoms with Crippen LogP contribution in [0.3, 0.4) is 0 Å². The predicted octanol–water partition coefficient (Wildman–Crippen LogP) is 5.97. The summed E-state index contributed by atoms with van der Waals surface area (Å²) < 4.78 is 5.67. The number of nitriles is 1. The van der Waals surface area contributed by atoms with Crippen molar-refractivity contribution in [2.24, 2.45) is 5.92 Å². The minimum absolute atomic E-state index is 0.361. The third kappa shape index (κ3) is 4.01. The van der Waals surface area contributed by atoms with Crippen LogP contribution >= 0.6 is 23.2 Å². The van der Waals surface area contributed by atoms with Gasteiger partial charge < -0.3 is 9.72 Å². The second kappa shape index (κ2) is 7.82. The van der Waals surface area contributed by atoms with Gasteiger partial charge in [-0.15, -0.1) is 0 Å². The summed E-state index contributed by atoms with van der Waals surface area (Å²) >= 11 is 12.6. The lowest BCUT2D eigenvalue weighted by molar-refractivity contribution is 0.271. The Labute approximate surface area is 162 Å². The quantitative estimate of drug-likeness (QED) is 0.550. The van der Waals surface area contributed by atoms with Crippen molar-refractivity contribution in [3.8, 4) is 11.8 Å². The summed E-state index contributed by atoms with van der Waals surface area (Å²) in [7, 11) is 0. The molecule has 3 aromatic rings. The van der Waals surface area contributed by atoms with Crippen LogP contribution in [-0.2, 0) is 0 Å². The van der Waals surface area contributed by atoms with Gasteiger partial charge in [-0.2, -0.15) is 5.26 Å². The lowest BCUT2D eigenvalue weighted by Gasteiger charge is -2.12. The Hall–Kier alpha value is -2.48. The maximum atomic E-state index is 9.54. The zero-order valence-corrected chi connectivity index (χ0v) is 15.9. The maximum absolute atomic E-state index is 9.54. The van der Waals surface area contributed by atoms with Crippen molar-refractivity contribution in [2.45, 2.75) is 13.8 Å². The zero-order chi connectivity index (χ0) is 18.7. The van der Waals surface area contributed by atoms with Crippen LogP contribution in [0.1, 0.15) is 25.2 Å². The molecule has 132 valence electrons. The number of nitrogens with zero attached hydrogens (tertiary/aromatic N) is 2. The lowest BCUT2D eigenvalue weighted by atomic mass is 10.1. The fourth-order valence-electron chi connectivity index (χ4n) is 2.45. The molecular formula is C20H17Cl2N3O. The van der Waals surface area contributed by atoms with E-state index in [0.29, 0.717) is 45.3 Å². The van der Waals surface area contributed by atoms with Crippen molar-refractivity contribution in [3.05, 3.63) is 57.8 Å². The number of nitrogens with one attached hydrogen (secondary N) is 1. The van der Waals surface area contributed by atoms with Gasteiger partial charge in [0.25, 0.3) is 0 Å². The van der Waals surface area contributed by atoms with Crippen molar-refractivity contribution < 1.29 is 4.74 Å². The van der Waals surface area contributed by atoms with Crippen LogP contribution in [0.5, 0.6) is 5.75 Å². The van der Waals surface area contributed by atoms with Crippen LogP contribution < -0.4 is 4.74 Å². The van der Waals surface area contributed by atoms with Crippen LogP contribution in [0.2, 0.25) is 10.0 Å². The molecule has 4 nitrogen and oxygen atoms in total. The van der Waals surface area contributed by atoms with Crippen LogP contribution in [0.15, 0.2) is 36.4 Å². The molecule has 0 spiro atoms. The number of aromatic nitrogens is 2. The first-order valence-corrected chi connectivity index (χ1v) is 8.92. The van der Waals surface area contributed by atoms with Gasteiger partial charge in [-0.25, -0.2) is 4.98 Å². The van der Waals surface area contributed by atoms with Gasteiger partial charge in [-0.3, -0.25) is 0 Å². The maximum Gasteiger partial charge on any atom is 0.156 e. The molecule has 0 aliphatic carbocycles. The second-order valence-corrected chi connectivity index (χ2v) is 7.11. The smallest absolute Gasteiger partial charge is 0.156 e. The monoisotopic (exact) mass is 385 g/mol. The summed E-state index contributed by atoms with van der Waals surface area (Å²) in [5.41, 5.74) is 2.77. The Balaban J connectivity index is 1.95. The van der Waals surface area contributed by atoms with E-state index in [2.05, 4.69) is 16.0 Å². The highest BCUT2D eigenvalue weighted by atomic mass is 35.5. The molecule has 6 heteroatoms. The molecule has 0 saturated carbocycles. The number of aromatic amines is 1. The predicted molar refractivity (Wildman–Crippen MR) is 106 cm³/mol. The van der Waals surface area contributed by atoms with E-state index < -0.39 is 0 Å². The summed E-state index contributed by atoms with van der Waals surface area (Å²) in [6, 6.07) is 13.2. The summed E-state index contributed by atoms with van der Waals surface area (Å²) in [6.45, 7) is 4.62. The summed E-state index contributed by atoms with van der Waals surface area (Å²) in [6.07, 6.45) is 1.70. The Morgan fingerprint density at radius 3 is 2.58 bits per heavy atom. The SMILES string of the molecule is CC(C)COc1c(Cl)cc(/C=C(/C#N)c2nc3ccccc3[nH]2)cc1Cl. The van der Waals surface area contributed by atoms with Crippen LogP contribution in [-0.4, -0.2) is 16.6 Å². The number of H-pyrrole nitrogens is 1. The molecule has 1 heterocycles. The number of para-hydroxylation sites is 2. The van der Waals surface area contributed by atoms with Gasteiger partial charge in [-0.05, 0) is 41.8 Å². The third-order valence-corrected chi connectivity index (χ3v) is 4.22. The third-order valence-electron chi connectivity index (χ3n) is 3.66. The number of halogens is 2. The van der Waals surface area contributed by atoms with Gasteiger partial charge in [0.15, 0.2) is 5.75 Å². The van der Waals surface area contributed by atoms with Crippen molar-refractivity contribution in [1.82, 2.24) is 9.97 Å². The lowest BCUT2D eigenvalue weighted by Crippen LogP contribution is -2.05. The standard InChI is InChI=1S/C20H17Cl2N3O/c1-12(2)11-26-19-15(21)8-13(9-16(19)22)7-14(10-23)20-24-17-5-3-4-6-18(17)25-20/h3-9,12H,11H2,1-2H3,(H,24,25)/b14-7-. The number of imidazole rings is 1. The first-order chi connectivity index (χ1) is 12.5. The van der Waals surface area contributed by atoms with Crippen LogP contribution in [0.25, 0.3) is 22.7 Å². The normalized spacial score (nSPS) is 11.8. The van der Waals surface area contributed by atoms with E-state index in [1.807, 2.05) is 38.1 Å². The van der Waals surface area contributed by atoms with E-state index in [9.17, 15) is 5.26 Å². The average Bonchev–Trinajstić information content (AvgIpc) is 3.02. The highest BCUT2D eigenvalue weighted by molar-refractivity contribution is 6.37. The largest absolute Gasteiger partial charge is 0.490 e. The van der Waals surface area contributed by atoms with Gasteiger partial charge in [0.05, 0.1) is 33.3 Å². The van der Waals surface area contributed by atoms with E-state index in [1.165, 1.54) is 0 Å². The number of ether oxygens (including phenoxy) is 1. The molecule has 0 saturated heterocycles. The van der Waals surface area contributed by atoms with Crippen LogP contribution in [0.4, 0.5) is 0 Å². The van der Waals surface area contributed by atoms with Gasteiger partial charge in [0.1, 0.15) is 11.9 Å². The molecule has 0 radical (unpaired) electrons. The molecule has 1 aromatic heterocycles. The van der Waals surface area contributed by atoms with E-state index in [0.717, 1.165) is 11.0 Å². The number of hydrogen-bond donors (Lipinski definition) is 1. The van der Waals surface area contributed by atoms with E-state index in [-0.39, 0.29) is 0 Å². The number of allylic oxidation sites excluding steroid dienone is 1. The van der Waals surface area contributed by atoms with Crippen molar-refractivity contribution >= 4 is 45.9 Å². The van der Waals surface area contributed by atoms with E-state index >= 15 is 0 Å². The molecule has 0 unspecified atom stereocenters. The molecule has 0 atom stereocenters. The highest BCUT2D eigenvalue weighted by Gasteiger charge is 2.12.